The third-order valence-electron chi connectivity index (χ3n) is 3.76. The molecule has 1 amide bonds. The van der Waals surface area contributed by atoms with Crippen LogP contribution in [0.2, 0.25) is 0 Å². The largest absolute Gasteiger partial charge is 0.384 e. The number of hydrogen-bond acceptors (Lipinski definition) is 3. The average Bonchev–Trinajstić information content (AvgIpc) is 2.59. The highest BCUT2D eigenvalue weighted by Crippen LogP contribution is 2.17. The standard InChI is InChI=1S/C19H25N3O/c1-3-5-8-11-21-17-12-16(13-20-14-17)19(23)22-18-10-7-6-9-15(18)4-2/h6-7,9-10,12-14,21H,3-5,8,11H2,1-2H3,(H,22,23). The topological polar surface area (TPSA) is 54.0 Å². The number of carbonyl (C=O) groups excluding carboxylic acids is 1. The molecule has 2 N–H and O–H groups in total. The lowest BCUT2D eigenvalue weighted by Crippen LogP contribution is -2.14. The molecular formula is C19H25N3O. The van der Waals surface area contributed by atoms with Gasteiger partial charge >= 0.3 is 0 Å². The van der Waals surface area contributed by atoms with Gasteiger partial charge in [-0.2, -0.15) is 0 Å². The van der Waals surface area contributed by atoms with Crippen molar-refractivity contribution in [1.82, 2.24) is 4.98 Å². The quantitative estimate of drug-likeness (QED) is 0.706. The number of aryl methyl sites for hydroxylation is 1. The van der Waals surface area contributed by atoms with Crippen molar-refractivity contribution < 1.29 is 4.79 Å². The molecular weight excluding hydrogens is 286 g/mol. The van der Waals surface area contributed by atoms with Crippen molar-refractivity contribution in [2.24, 2.45) is 0 Å². The number of unbranched alkanes of at least 4 members (excludes halogenated alkanes) is 2. The minimum absolute atomic E-state index is 0.129. The maximum absolute atomic E-state index is 12.4. The van der Waals surface area contributed by atoms with Crippen molar-refractivity contribution in [3.63, 3.8) is 0 Å². The summed E-state index contributed by atoms with van der Waals surface area (Å²) in [5.74, 6) is -0.129. The van der Waals surface area contributed by atoms with Crippen LogP contribution in [0.3, 0.4) is 0 Å². The second-order valence-corrected chi connectivity index (χ2v) is 5.56. The molecule has 2 rings (SSSR count). The molecule has 0 aliphatic rings. The van der Waals surface area contributed by atoms with Crippen LogP contribution in [0.25, 0.3) is 0 Å². The Morgan fingerprint density at radius 3 is 2.74 bits per heavy atom. The van der Waals surface area contributed by atoms with Crippen LogP contribution in [0.4, 0.5) is 11.4 Å². The van der Waals surface area contributed by atoms with E-state index in [1.54, 1.807) is 12.4 Å². The number of amides is 1. The number of aromatic nitrogens is 1. The van der Waals surface area contributed by atoms with Gasteiger partial charge in [-0.25, -0.2) is 0 Å². The van der Waals surface area contributed by atoms with Crippen LogP contribution in [-0.2, 0) is 6.42 Å². The van der Waals surface area contributed by atoms with E-state index in [0.717, 1.165) is 36.3 Å². The number of hydrogen-bond donors (Lipinski definition) is 2. The molecule has 0 unspecified atom stereocenters. The molecule has 2 aromatic rings. The number of para-hydroxylation sites is 1. The van der Waals surface area contributed by atoms with Gasteiger partial charge in [0.25, 0.3) is 5.91 Å². The average molecular weight is 311 g/mol. The van der Waals surface area contributed by atoms with Gasteiger partial charge in [0, 0.05) is 24.6 Å². The third-order valence-corrected chi connectivity index (χ3v) is 3.76. The summed E-state index contributed by atoms with van der Waals surface area (Å²) in [6, 6.07) is 9.72. The Morgan fingerprint density at radius 2 is 1.96 bits per heavy atom. The van der Waals surface area contributed by atoms with Gasteiger partial charge in [0.1, 0.15) is 0 Å². The molecule has 1 aromatic heterocycles. The van der Waals surface area contributed by atoms with Gasteiger partial charge in [0.05, 0.1) is 11.3 Å². The second-order valence-electron chi connectivity index (χ2n) is 5.56. The van der Waals surface area contributed by atoms with Crippen LogP contribution in [-0.4, -0.2) is 17.4 Å². The summed E-state index contributed by atoms with van der Waals surface area (Å²) >= 11 is 0. The first-order valence-electron chi connectivity index (χ1n) is 8.32. The van der Waals surface area contributed by atoms with E-state index in [-0.39, 0.29) is 5.91 Å². The number of carbonyl (C=O) groups is 1. The predicted molar refractivity (Wildman–Crippen MR) is 96.0 cm³/mol. The van der Waals surface area contributed by atoms with Gasteiger partial charge in [-0.1, -0.05) is 44.9 Å². The zero-order valence-corrected chi connectivity index (χ0v) is 13.9. The van der Waals surface area contributed by atoms with Crippen LogP contribution in [0.15, 0.2) is 42.7 Å². The van der Waals surface area contributed by atoms with Gasteiger partial charge in [0.15, 0.2) is 0 Å². The summed E-state index contributed by atoms with van der Waals surface area (Å²) in [6.45, 7) is 5.16. The molecule has 0 saturated carbocycles. The highest BCUT2D eigenvalue weighted by atomic mass is 16.1. The number of rotatable bonds is 8. The van der Waals surface area contributed by atoms with Gasteiger partial charge in [-0.15, -0.1) is 0 Å². The lowest BCUT2D eigenvalue weighted by atomic mass is 10.1. The van der Waals surface area contributed by atoms with Crippen molar-refractivity contribution in [2.45, 2.75) is 39.5 Å². The number of benzene rings is 1. The first-order valence-corrected chi connectivity index (χ1v) is 8.32. The molecule has 1 heterocycles. The number of nitrogens with one attached hydrogen (secondary N) is 2. The highest BCUT2D eigenvalue weighted by molar-refractivity contribution is 6.04. The molecule has 0 bridgehead atoms. The SMILES string of the molecule is CCCCCNc1cncc(C(=O)Nc2ccccc2CC)c1. The monoisotopic (exact) mass is 311 g/mol. The van der Waals surface area contributed by atoms with E-state index in [9.17, 15) is 4.79 Å². The van der Waals surface area contributed by atoms with Crippen LogP contribution in [0.1, 0.15) is 49.0 Å². The van der Waals surface area contributed by atoms with E-state index >= 15 is 0 Å². The van der Waals surface area contributed by atoms with Gasteiger partial charge in [-0.3, -0.25) is 9.78 Å². The molecule has 23 heavy (non-hydrogen) atoms. The highest BCUT2D eigenvalue weighted by Gasteiger charge is 2.09. The maximum atomic E-state index is 12.4. The number of nitrogens with zero attached hydrogens (tertiary/aromatic N) is 1. The van der Waals surface area contributed by atoms with E-state index in [2.05, 4.69) is 29.5 Å². The Morgan fingerprint density at radius 1 is 1.13 bits per heavy atom. The van der Waals surface area contributed by atoms with Crippen LogP contribution in [0, 0.1) is 0 Å². The molecule has 1 aromatic carbocycles. The summed E-state index contributed by atoms with van der Waals surface area (Å²) in [7, 11) is 0. The summed E-state index contributed by atoms with van der Waals surface area (Å²) in [5.41, 5.74) is 3.44. The minimum atomic E-state index is -0.129. The van der Waals surface area contributed by atoms with Crippen LogP contribution >= 0.6 is 0 Å². The Hall–Kier alpha value is -2.36. The van der Waals surface area contributed by atoms with E-state index in [1.165, 1.54) is 12.8 Å². The summed E-state index contributed by atoms with van der Waals surface area (Å²) in [6.07, 6.45) is 7.75. The summed E-state index contributed by atoms with van der Waals surface area (Å²) in [5, 5.41) is 6.29. The van der Waals surface area contributed by atoms with Crippen LogP contribution < -0.4 is 10.6 Å². The molecule has 0 saturated heterocycles. The third kappa shape index (κ3) is 5.09. The lowest BCUT2D eigenvalue weighted by Gasteiger charge is -2.11. The molecule has 0 spiro atoms. The summed E-state index contributed by atoms with van der Waals surface area (Å²) < 4.78 is 0. The van der Waals surface area contributed by atoms with Gasteiger partial charge in [-0.05, 0) is 30.5 Å². The second kappa shape index (κ2) is 8.93. The number of anilines is 2. The van der Waals surface area contributed by atoms with E-state index in [0.29, 0.717) is 5.56 Å². The fourth-order valence-electron chi connectivity index (χ4n) is 2.41. The lowest BCUT2D eigenvalue weighted by molar-refractivity contribution is 0.102. The first kappa shape index (κ1) is 17.0. The minimum Gasteiger partial charge on any atom is -0.384 e. The predicted octanol–water partition coefficient (Wildman–Crippen LogP) is 4.50. The van der Waals surface area contributed by atoms with Crippen molar-refractivity contribution >= 4 is 17.3 Å². The molecule has 0 atom stereocenters. The Bertz CT molecular complexity index is 640. The smallest absolute Gasteiger partial charge is 0.257 e. The van der Waals surface area contributed by atoms with Crippen molar-refractivity contribution in [2.75, 3.05) is 17.2 Å². The van der Waals surface area contributed by atoms with Crippen molar-refractivity contribution in [3.8, 4) is 0 Å². The zero-order chi connectivity index (χ0) is 16.5. The Labute approximate surface area is 138 Å². The van der Waals surface area contributed by atoms with Gasteiger partial charge < -0.3 is 10.6 Å². The molecule has 122 valence electrons. The number of pyridine rings is 1. The molecule has 0 fully saturated rings. The van der Waals surface area contributed by atoms with Crippen molar-refractivity contribution in [1.29, 1.82) is 0 Å². The summed E-state index contributed by atoms with van der Waals surface area (Å²) in [4.78, 5) is 16.6. The van der Waals surface area contributed by atoms with E-state index < -0.39 is 0 Å². The Balaban J connectivity index is 2.02. The fourth-order valence-corrected chi connectivity index (χ4v) is 2.41. The molecule has 0 aliphatic carbocycles. The normalized spacial score (nSPS) is 10.3. The fraction of sp³-hybridized carbons (Fsp3) is 0.368. The van der Waals surface area contributed by atoms with Crippen molar-refractivity contribution in [3.05, 3.63) is 53.9 Å². The molecule has 4 nitrogen and oxygen atoms in total. The van der Waals surface area contributed by atoms with E-state index in [1.807, 2.05) is 30.3 Å². The van der Waals surface area contributed by atoms with Crippen LogP contribution in [0.5, 0.6) is 0 Å². The molecule has 0 aliphatic heterocycles. The Kier molecular flexibility index (Phi) is 6.60. The zero-order valence-electron chi connectivity index (χ0n) is 13.9. The van der Waals surface area contributed by atoms with E-state index in [4.69, 9.17) is 0 Å². The molecule has 4 heteroatoms. The first-order chi connectivity index (χ1) is 11.2. The van der Waals surface area contributed by atoms with Gasteiger partial charge in [0.2, 0.25) is 0 Å². The maximum Gasteiger partial charge on any atom is 0.257 e. The molecule has 0 radical (unpaired) electrons.